The quantitative estimate of drug-likeness (QED) is 0.203. The first-order valence-electron chi connectivity index (χ1n) is 8.67. The number of urea groups is 1. The normalized spacial score (nSPS) is 26.0. The van der Waals surface area contributed by atoms with E-state index in [2.05, 4.69) is 16.0 Å². The van der Waals surface area contributed by atoms with Crippen LogP contribution in [0.25, 0.3) is 0 Å². The summed E-state index contributed by atoms with van der Waals surface area (Å²) in [5.74, 6) is 0.370. The number of nitro benzene ring substituents is 1. The Kier molecular flexibility index (Phi) is 5.64. The number of carbonyl (C=O) groups excluding carboxylic acids is 3. The van der Waals surface area contributed by atoms with Gasteiger partial charge in [0.15, 0.2) is 0 Å². The van der Waals surface area contributed by atoms with Gasteiger partial charge in [-0.2, -0.15) is 0 Å². The molecule has 0 saturated carbocycles. The number of carbonyl (C=O) groups is 3. The molecule has 0 aliphatic carbocycles. The van der Waals surface area contributed by atoms with Crippen molar-refractivity contribution in [3.05, 3.63) is 34.4 Å². The molecular weight excluding hydrogens is 372 g/mol. The van der Waals surface area contributed by atoms with Crippen LogP contribution in [0.4, 0.5) is 16.2 Å². The summed E-state index contributed by atoms with van der Waals surface area (Å²) >= 11 is 1.49. The number of fused-ring (bicyclic) bond motifs is 1. The van der Waals surface area contributed by atoms with Crippen molar-refractivity contribution in [3.63, 3.8) is 0 Å². The number of rotatable bonds is 8. The monoisotopic (exact) mass is 392 g/mol. The number of nitrogens with zero attached hydrogens (tertiary/aromatic N) is 1. The fraction of sp³-hybridized carbons (Fsp3) is 0.471. The zero-order chi connectivity index (χ0) is 19.4. The Morgan fingerprint density at radius 1 is 1.33 bits per heavy atom. The third kappa shape index (κ3) is 3.90. The van der Waals surface area contributed by atoms with Gasteiger partial charge in [-0.05, 0) is 25.0 Å². The molecule has 3 amide bonds. The Balaban J connectivity index is 1.77. The number of unbranched alkanes of at least 4 members (excludes halogenated alkanes) is 2. The van der Waals surface area contributed by atoms with E-state index >= 15 is 0 Å². The van der Waals surface area contributed by atoms with Crippen LogP contribution in [0.3, 0.4) is 0 Å². The molecule has 144 valence electrons. The third-order valence-electron chi connectivity index (χ3n) is 4.87. The second-order valence-electron chi connectivity index (χ2n) is 6.57. The summed E-state index contributed by atoms with van der Waals surface area (Å²) < 4.78 is -0.853. The second kappa shape index (κ2) is 7.95. The minimum Gasteiger partial charge on any atom is -0.332 e. The van der Waals surface area contributed by atoms with Gasteiger partial charge in [0.05, 0.1) is 17.0 Å². The Hall–Kier alpha value is -2.62. The molecule has 0 aromatic heterocycles. The van der Waals surface area contributed by atoms with E-state index in [4.69, 9.17) is 0 Å². The largest absolute Gasteiger partial charge is 0.332 e. The van der Waals surface area contributed by atoms with Crippen molar-refractivity contribution in [1.29, 1.82) is 0 Å². The first-order valence-corrected chi connectivity index (χ1v) is 9.65. The molecule has 1 aromatic rings. The Labute approximate surface area is 159 Å². The summed E-state index contributed by atoms with van der Waals surface area (Å²) in [5, 5.41) is 19.3. The van der Waals surface area contributed by atoms with E-state index in [1.807, 2.05) is 0 Å². The van der Waals surface area contributed by atoms with Gasteiger partial charge in [-0.1, -0.05) is 6.42 Å². The molecule has 2 aliphatic rings. The third-order valence-corrected chi connectivity index (χ3v) is 6.55. The smallest absolute Gasteiger partial charge is 0.315 e. The van der Waals surface area contributed by atoms with E-state index in [0.29, 0.717) is 37.1 Å². The highest BCUT2D eigenvalue weighted by Crippen LogP contribution is 2.45. The van der Waals surface area contributed by atoms with Gasteiger partial charge in [0, 0.05) is 30.0 Å². The van der Waals surface area contributed by atoms with Gasteiger partial charge in [-0.15, -0.1) is 11.8 Å². The van der Waals surface area contributed by atoms with Crippen LogP contribution in [-0.2, 0) is 9.59 Å². The predicted octanol–water partition coefficient (Wildman–Crippen LogP) is 1.83. The molecule has 9 nitrogen and oxygen atoms in total. The molecule has 2 saturated heterocycles. The molecule has 0 bridgehead atoms. The van der Waals surface area contributed by atoms with Crippen LogP contribution in [0.2, 0.25) is 0 Å². The highest BCUT2D eigenvalue weighted by molar-refractivity contribution is 8.01. The highest BCUT2D eigenvalue weighted by atomic mass is 32.2. The van der Waals surface area contributed by atoms with E-state index in [0.717, 1.165) is 6.29 Å². The number of thioether (sulfide) groups is 1. The maximum Gasteiger partial charge on any atom is 0.315 e. The topological polar surface area (TPSA) is 130 Å². The molecule has 27 heavy (non-hydrogen) atoms. The summed E-state index contributed by atoms with van der Waals surface area (Å²) in [7, 11) is 0. The minimum absolute atomic E-state index is 0.0564. The molecule has 2 fully saturated rings. The number of hydrogen-bond donors (Lipinski definition) is 3. The van der Waals surface area contributed by atoms with Crippen LogP contribution in [-0.4, -0.2) is 45.7 Å². The molecule has 1 aromatic carbocycles. The van der Waals surface area contributed by atoms with Gasteiger partial charge in [-0.25, -0.2) is 4.79 Å². The molecule has 3 N–H and O–H groups in total. The Morgan fingerprint density at radius 3 is 2.74 bits per heavy atom. The lowest BCUT2D eigenvalue weighted by Gasteiger charge is -2.32. The number of anilines is 1. The van der Waals surface area contributed by atoms with Crippen LogP contribution in [0.5, 0.6) is 0 Å². The maximum absolute atomic E-state index is 13.2. The fourth-order valence-electron chi connectivity index (χ4n) is 3.51. The summed E-state index contributed by atoms with van der Waals surface area (Å²) in [6.07, 6.45) is 3.16. The molecule has 0 spiro atoms. The maximum atomic E-state index is 13.2. The average molecular weight is 392 g/mol. The lowest BCUT2D eigenvalue weighted by Crippen LogP contribution is -2.54. The predicted molar refractivity (Wildman–Crippen MR) is 101 cm³/mol. The molecule has 0 unspecified atom stereocenters. The van der Waals surface area contributed by atoms with E-state index < -0.39 is 9.67 Å². The number of benzene rings is 1. The van der Waals surface area contributed by atoms with Crippen molar-refractivity contribution < 1.29 is 19.3 Å². The van der Waals surface area contributed by atoms with Crippen molar-refractivity contribution in [2.45, 2.75) is 42.5 Å². The highest BCUT2D eigenvalue weighted by Gasteiger charge is 2.57. The van der Waals surface area contributed by atoms with Gasteiger partial charge in [0.25, 0.3) is 5.69 Å². The zero-order valence-electron chi connectivity index (χ0n) is 14.5. The first-order chi connectivity index (χ1) is 13.0. The van der Waals surface area contributed by atoms with Crippen LogP contribution in [0.15, 0.2) is 24.3 Å². The molecule has 2 heterocycles. The molecule has 3 rings (SSSR count). The lowest BCUT2D eigenvalue weighted by molar-refractivity contribution is -0.384. The van der Waals surface area contributed by atoms with E-state index in [-0.39, 0.29) is 29.7 Å². The van der Waals surface area contributed by atoms with Crippen LogP contribution >= 0.6 is 11.8 Å². The van der Waals surface area contributed by atoms with Crippen molar-refractivity contribution in [2.24, 2.45) is 0 Å². The average Bonchev–Trinajstić information content (AvgIpc) is 3.17. The van der Waals surface area contributed by atoms with Gasteiger partial charge >= 0.3 is 6.03 Å². The van der Waals surface area contributed by atoms with Gasteiger partial charge in [0.1, 0.15) is 11.0 Å². The van der Waals surface area contributed by atoms with Crippen LogP contribution in [0.1, 0.15) is 25.7 Å². The van der Waals surface area contributed by atoms with E-state index in [1.54, 1.807) is 0 Å². The molecule has 10 heteroatoms. The summed E-state index contributed by atoms with van der Waals surface area (Å²) in [5.41, 5.74) is 0.401. The summed E-state index contributed by atoms with van der Waals surface area (Å²) in [4.78, 5) is 45.7. The number of nitrogens with one attached hydrogen (secondary N) is 3. The van der Waals surface area contributed by atoms with Crippen molar-refractivity contribution in [3.8, 4) is 0 Å². The second-order valence-corrected chi connectivity index (χ2v) is 7.92. The Morgan fingerprint density at radius 2 is 2.07 bits per heavy atom. The molecule has 3 atom stereocenters. The summed E-state index contributed by atoms with van der Waals surface area (Å²) in [6, 6.07) is 4.87. The number of non-ortho nitro benzene ring substituents is 1. The molecule has 0 radical (unpaired) electrons. The Bertz CT molecular complexity index is 756. The fourth-order valence-corrected chi connectivity index (χ4v) is 5.14. The van der Waals surface area contributed by atoms with Gasteiger partial charge in [-0.3, -0.25) is 14.9 Å². The number of hydrogen-bond acceptors (Lipinski definition) is 6. The van der Waals surface area contributed by atoms with Crippen LogP contribution in [0, 0.1) is 10.1 Å². The lowest BCUT2D eigenvalue weighted by atomic mass is 9.88. The van der Waals surface area contributed by atoms with E-state index in [9.17, 15) is 24.5 Å². The zero-order valence-corrected chi connectivity index (χ0v) is 15.3. The minimum atomic E-state index is -0.853. The van der Waals surface area contributed by atoms with Crippen LogP contribution < -0.4 is 16.0 Å². The van der Waals surface area contributed by atoms with Gasteiger partial charge in [0.2, 0.25) is 5.91 Å². The van der Waals surface area contributed by atoms with E-state index in [1.165, 1.54) is 36.0 Å². The SMILES string of the molecule is O=CCCCC[C@]1(C(=O)Nc2ccc([N+](=O)[O-])cc2)SC[C@@H]2NC(=O)N[C@@H]21. The first kappa shape index (κ1) is 19.2. The van der Waals surface area contributed by atoms with Crippen molar-refractivity contribution in [1.82, 2.24) is 10.6 Å². The standard InChI is InChI=1S/C17H20N4O5S/c22-9-3-1-2-8-17(14-13(10-27-17)19-16(24)20-14)15(23)18-11-4-6-12(7-5-11)21(25)26/h4-7,9,13-14H,1-3,8,10H2,(H,18,23)(H2,19,20,24)/t13-,14-,17-/m0/s1. The number of amides is 3. The number of aldehydes is 1. The molecular formula is C17H20N4O5S. The number of nitro groups is 1. The molecule has 2 aliphatic heterocycles. The van der Waals surface area contributed by atoms with Gasteiger partial charge < -0.3 is 20.7 Å². The van der Waals surface area contributed by atoms with Crippen molar-refractivity contribution in [2.75, 3.05) is 11.1 Å². The summed E-state index contributed by atoms with van der Waals surface area (Å²) in [6.45, 7) is 0. The van der Waals surface area contributed by atoms with Crippen molar-refractivity contribution >= 4 is 41.4 Å².